The summed E-state index contributed by atoms with van der Waals surface area (Å²) in [6.45, 7) is 2.19. The van der Waals surface area contributed by atoms with Gasteiger partial charge in [0.05, 0.1) is 0 Å². The van der Waals surface area contributed by atoms with Gasteiger partial charge in [0.2, 0.25) is 0 Å². The van der Waals surface area contributed by atoms with Crippen LogP contribution in [-0.2, 0) is 6.18 Å². The van der Waals surface area contributed by atoms with Gasteiger partial charge in [-0.05, 0) is 99.2 Å². The van der Waals surface area contributed by atoms with Gasteiger partial charge in [-0.2, -0.15) is 13.2 Å². The van der Waals surface area contributed by atoms with E-state index in [1.54, 1.807) is 0 Å². The Morgan fingerprint density at radius 2 is 1.38 bits per heavy atom. The van der Waals surface area contributed by atoms with Crippen LogP contribution in [0.15, 0.2) is 24.3 Å². The third-order valence-corrected chi connectivity index (χ3v) is 6.94. The van der Waals surface area contributed by atoms with Crippen LogP contribution in [0, 0.1) is 29.4 Å². The van der Waals surface area contributed by atoms with Crippen LogP contribution in [0.5, 0.6) is 0 Å². The number of alkyl halides is 3. The molecule has 0 amide bonds. The molecule has 1 aromatic carbocycles. The molecule has 2 fully saturated rings. The lowest BCUT2D eigenvalue weighted by Crippen LogP contribution is -2.25. The highest BCUT2D eigenvalue weighted by Gasteiger charge is 2.39. The Hall–Kier alpha value is -1.39. The minimum absolute atomic E-state index is 0.0501. The summed E-state index contributed by atoms with van der Waals surface area (Å²) < 4.78 is 66.1. The summed E-state index contributed by atoms with van der Waals surface area (Å²) in [5.74, 6) is -0.991. The van der Waals surface area contributed by atoms with Crippen molar-refractivity contribution in [2.24, 2.45) is 17.8 Å². The van der Waals surface area contributed by atoms with E-state index in [1.807, 2.05) is 0 Å². The number of hydrogen-bond acceptors (Lipinski definition) is 0. The van der Waals surface area contributed by atoms with Gasteiger partial charge in [-0.3, -0.25) is 0 Å². The van der Waals surface area contributed by atoms with E-state index in [0.29, 0.717) is 23.3 Å². The van der Waals surface area contributed by atoms with Crippen molar-refractivity contribution in [3.05, 3.63) is 47.0 Å². The van der Waals surface area contributed by atoms with Crippen LogP contribution in [0.4, 0.5) is 22.0 Å². The molecule has 0 atom stereocenters. The van der Waals surface area contributed by atoms with E-state index in [0.717, 1.165) is 44.2 Å². The number of benzene rings is 1. The molecule has 2 aliphatic rings. The molecule has 0 N–H and O–H groups in total. The van der Waals surface area contributed by atoms with E-state index in [9.17, 15) is 22.0 Å². The van der Waals surface area contributed by atoms with Gasteiger partial charge in [0.15, 0.2) is 0 Å². The van der Waals surface area contributed by atoms with Crippen molar-refractivity contribution in [2.45, 2.75) is 83.2 Å². The zero-order valence-corrected chi connectivity index (χ0v) is 17.1. The van der Waals surface area contributed by atoms with Crippen molar-refractivity contribution in [3.63, 3.8) is 0 Å². The third kappa shape index (κ3) is 5.61. The van der Waals surface area contributed by atoms with Crippen LogP contribution < -0.4 is 0 Å². The molecule has 0 aliphatic heterocycles. The molecule has 3 rings (SSSR count). The average Bonchev–Trinajstić information content (AvgIpc) is 2.67. The maximum Gasteiger partial charge on any atom is 0.422 e. The van der Waals surface area contributed by atoms with Gasteiger partial charge < -0.3 is 0 Å². The van der Waals surface area contributed by atoms with Crippen molar-refractivity contribution < 1.29 is 22.0 Å². The highest BCUT2D eigenvalue weighted by atomic mass is 19.4. The molecular weight excluding hydrogens is 383 g/mol. The molecule has 0 spiro atoms. The first-order valence-electron chi connectivity index (χ1n) is 11.0. The number of rotatable bonds is 5. The molecule has 2 saturated carbocycles. The predicted molar refractivity (Wildman–Crippen MR) is 106 cm³/mol. The lowest BCUT2D eigenvalue weighted by molar-refractivity contribution is -0.142. The fourth-order valence-electron chi connectivity index (χ4n) is 5.29. The van der Waals surface area contributed by atoms with E-state index in [2.05, 4.69) is 19.1 Å². The van der Waals surface area contributed by atoms with Crippen LogP contribution in [0.1, 0.15) is 88.2 Å². The van der Waals surface area contributed by atoms with Gasteiger partial charge in [-0.25, -0.2) is 8.78 Å². The van der Waals surface area contributed by atoms with Crippen LogP contribution in [0.2, 0.25) is 0 Å². The largest absolute Gasteiger partial charge is 0.422 e. The second kappa shape index (κ2) is 9.61. The minimum Gasteiger partial charge on any atom is -0.206 e. The summed E-state index contributed by atoms with van der Waals surface area (Å²) >= 11 is 0. The molecule has 0 nitrogen and oxygen atoms in total. The number of unbranched alkanes of at least 4 members (excludes halogenated alkanes) is 1. The average molecular weight is 415 g/mol. The van der Waals surface area contributed by atoms with Crippen molar-refractivity contribution in [1.82, 2.24) is 0 Å². The smallest absolute Gasteiger partial charge is 0.206 e. The zero-order valence-electron chi connectivity index (χ0n) is 17.1. The topological polar surface area (TPSA) is 0 Å². The second-order valence-corrected chi connectivity index (χ2v) is 8.86. The normalized spacial score (nSPS) is 28.8. The van der Waals surface area contributed by atoms with E-state index in [-0.39, 0.29) is 5.92 Å². The molecule has 0 radical (unpaired) electrons. The quantitative estimate of drug-likeness (QED) is 0.335. The molecule has 1 aromatic rings. The Labute approximate surface area is 170 Å². The van der Waals surface area contributed by atoms with Crippen molar-refractivity contribution in [1.29, 1.82) is 0 Å². The summed E-state index contributed by atoms with van der Waals surface area (Å²) in [5, 5.41) is 0. The summed E-state index contributed by atoms with van der Waals surface area (Å²) in [4.78, 5) is 0. The molecule has 162 valence electrons. The number of hydrogen-bond donors (Lipinski definition) is 0. The third-order valence-electron chi connectivity index (χ3n) is 6.94. The van der Waals surface area contributed by atoms with E-state index < -0.39 is 23.4 Å². The number of halogens is 5. The molecule has 2 aliphatic carbocycles. The zero-order chi connectivity index (χ0) is 21.0. The molecule has 0 saturated heterocycles. The first-order chi connectivity index (χ1) is 13.8. The fourth-order valence-corrected chi connectivity index (χ4v) is 5.29. The summed E-state index contributed by atoms with van der Waals surface area (Å²) in [5.41, 5.74) is -1.41. The van der Waals surface area contributed by atoms with E-state index in [1.165, 1.54) is 32.1 Å². The summed E-state index contributed by atoms with van der Waals surface area (Å²) in [6.07, 6.45) is 10.5. The van der Waals surface area contributed by atoms with E-state index in [4.69, 9.17) is 0 Å². The molecule has 5 heteroatoms. The first kappa shape index (κ1) is 22.3. The monoisotopic (exact) mass is 414 g/mol. The Morgan fingerprint density at radius 3 is 1.86 bits per heavy atom. The number of allylic oxidation sites excluding steroid dienone is 2. The van der Waals surface area contributed by atoms with Gasteiger partial charge >= 0.3 is 6.18 Å². The summed E-state index contributed by atoms with van der Waals surface area (Å²) in [6, 6.07) is 1.79. The van der Waals surface area contributed by atoms with Crippen LogP contribution in [0.25, 0.3) is 0 Å². The lowest BCUT2D eigenvalue weighted by atomic mass is 9.68. The Morgan fingerprint density at radius 1 is 0.862 bits per heavy atom. The molecule has 0 unspecified atom stereocenters. The fraction of sp³-hybridized carbons (Fsp3) is 0.667. The maximum absolute atomic E-state index is 13.9. The maximum atomic E-state index is 13.9. The van der Waals surface area contributed by atoms with Crippen LogP contribution in [-0.4, -0.2) is 0 Å². The Bertz CT molecular complexity index is 667. The lowest BCUT2D eigenvalue weighted by Gasteiger charge is -2.37. The Balaban J connectivity index is 1.54. The van der Waals surface area contributed by atoms with Gasteiger partial charge in [-0.1, -0.05) is 25.5 Å². The molecular formula is C24H31F5. The highest BCUT2D eigenvalue weighted by molar-refractivity contribution is 5.30. The van der Waals surface area contributed by atoms with Crippen molar-refractivity contribution in [2.75, 3.05) is 0 Å². The summed E-state index contributed by atoms with van der Waals surface area (Å²) in [7, 11) is 0. The van der Waals surface area contributed by atoms with Gasteiger partial charge in [0.25, 0.3) is 0 Å². The first-order valence-corrected chi connectivity index (χ1v) is 11.0. The van der Waals surface area contributed by atoms with E-state index >= 15 is 0 Å². The standard InChI is InChI=1S/C24H31F5/c1-2-3-4-5-16-6-8-17(9-7-16)18-10-12-19(13-11-18)20-14-21(25)23(22(26)15-20)24(27,28)29/h4-5,14-19H,2-3,6-13H2,1H3/b5-4+. The van der Waals surface area contributed by atoms with Gasteiger partial charge in [-0.15, -0.1) is 0 Å². The SMILES string of the molecule is CCC/C=C/C1CCC(C2CCC(c3cc(F)c(C(F)(F)F)c(F)c3)CC2)CC1. The highest BCUT2D eigenvalue weighted by Crippen LogP contribution is 2.45. The van der Waals surface area contributed by atoms with Crippen molar-refractivity contribution >= 4 is 0 Å². The molecule has 0 aromatic heterocycles. The Kier molecular flexibility index (Phi) is 7.39. The van der Waals surface area contributed by atoms with Gasteiger partial charge in [0, 0.05) is 0 Å². The molecule has 29 heavy (non-hydrogen) atoms. The predicted octanol–water partition coefficient (Wildman–Crippen LogP) is 8.42. The van der Waals surface area contributed by atoms with Crippen LogP contribution in [0.3, 0.4) is 0 Å². The molecule has 0 bridgehead atoms. The minimum atomic E-state index is -5.01. The van der Waals surface area contributed by atoms with Gasteiger partial charge in [0.1, 0.15) is 17.2 Å². The van der Waals surface area contributed by atoms with Crippen molar-refractivity contribution in [3.8, 4) is 0 Å². The molecule has 0 heterocycles. The van der Waals surface area contributed by atoms with Crippen LogP contribution >= 0.6 is 0 Å². The second-order valence-electron chi connectivity index (χ2n) is 8.86.